The molecule has 0 bridgehead atoms. The molecule has 2 nitrogen and oxygen atoms in total. The lowest BCUT2D eigenvalue weighted by molar-refractivity contribution is 0.252. The van der Waals surface area contributed by atoms with Crippen molar-refractivity contribution in [2.24, 2.45) is 0 Å². The first-order chi connectivity index (χ1) is 4.31. The maximum absolute atomic E-state index is 8.55. The van der Waals surface area contributed by atoms with Gasteiger partial charge < -0.3 is 10.4 Å². The summed E-state index contributed by atoms with van der Waals surface area (Å²) in [5.41, 5.74) is 0. The number of hydrogen-bond donors (Lipinski definition) is 2. The molecule has 0 aliphatic carbocycles. The summed E-state index contributed by atoms with van der Waals surface area (Å²) in [5, 5.41) is 11.7. The largest absolute Gasteiger partial charge is 0.395 e. The molecule has 0 heterocycles. The number of aliphatic hydroxyl groups excluding tert-OH is 1. The summed E-state index contributed by atoms with van der Waals surface area (Å²) in [6.45, 7) is 6.64. The van der Waals surface area contributed by atoms with Gasteiger partial charge in [0.05, 0.1) is 6.61 Å². The minimum Gasteiger partial charge on any atom is -0.395 e. The molecule has 9 heavy (non-hydrogen) atoms. The van der Waals surface area contributed by atoms with Crippen molar-refractivity contribution in [3.05, 3.63) is 12.7 Å². The maximum atomic E-state index is 8.55. The van der Waals surface area contributed by atoms with Gasteiger partial charge in [0.25, 0.3) is 0 Å². The molecule has 0 radical (unpaired) electrons. The van der Waals surface area contributed by atoms with Gasteiger partial charge in [0.15, 0.2) is 0 Å². The zero-order valence-electron chi connectivity index (χ0n) is 5.93. The number of nitrogens with one attached hydrogen (secondary N) is 1. The molecule has 0 aliphatic rings. The van der Waals surface area contributed by atoms with E-state index in [2.05, 4.69) is 11.9 Å². The molecule has 0 aromatic heterocycles. The summed E-state index contributed by atoms with van der Waals surface area (Å²) >= 11 is 0. The van der Waals surface area contributed by atoms with Gasteiger partial charge in [-0.3, -0.25) is 0 Å². The zero-order valence-corrected chi connectivity index (χ0v) is 5.93. The van der Waals surface area contributed by atoms with Crippen LogP contribution in [0.3, 0.4) is 0 Å². The molecule has 0 aromatic rings. The molecule has 1 atom stereocenters. The Balaban J connectivity index is 2.96. The van der Waals surface area contributed by atoms with E-state index >= 15 is 0 Å². The Labute approximate surface area is 56.6 Å². The van der Waals surface area contributed by atoms with Crippen LogP contribution in [0.2, 0.25) is 0 Å². The van der Waals surface area contributed by atoms with Gasteiger partial charge in [-0.25, -0.2) is 0 Å². The van der Waals surface area contributed by atoms with Crippen LogP contribution in [0.15, 0.2) is 12.7 Å². The Hall–Kier alpha value is -0.340. The van der Waals surface area contributed by atoms with Crippen LogP contribution < -0.4 is 5.32 Å². The highest BCUT2D eigenvalue weighted by atomic mass is 16.3. The second kappa shape index (κ2) is 5.79. The number of hydrogen-bond acceptors (Lipinski definition) is 2. The van der Waals surface area contributed by atoms with E-state index in [0.29, 0.717) is 0 Å². The summed E-state index contributed by atoms with van der Waals surface area (Å²) in [7, 11) is 0. The second-order valence-corrected chi connectivity index (χ2v) is 2.12. The zero-order chi connectivity index (χ0) is 7.11. The van der Waals surface area contributed by atoms with E-state index in [-0.39, 0.29) is 12.6 Å². The Morgan fingerprint density at radius 3 is 2.89 bits per heavy atom. The fourth-order valence-electron chi connectivity index (χ4n) is 0.496. The second-order valence-electron chi connectivity index (χ2n) is 2.12. The third kappa shape index (κ3) is 5.53. The van der Waals surface area contributed by atoms with E-state index in [4.69, 9.17) is 5.11 Å². The van der Waals surface area contributed by atoms with Crippen LogP contribution in [0.5, 0.6) is 0 Å². The molecule has 2 N–H and O–H groups in total. The van der Waals surface area contributed by atoms with Crippen molar-refractivity contribution in [3.8, 4) is 0 Å². The highest BCUT2D eigenvalue weighted by Gasteiger charge is 1.93. The highest BCUT2D eigenvalue weighted by Crippen LogP contribution is 1.80. The van der Waals surface area contributed by atoms with Crippen molar-refractivity contribution in [2.45, 2.75) is 19.4 Å². The van der Waals surface area contributed by atoms with Gasteiger partial charge >= 0.3 is 0 Å². The van der Waals surface area contributed by atoms with Crippen LogP contribution in [0.25, 0.3) is 0 Å². The average molecular weight is 129 g/mol. The molecule has 2 heteroatoms. The van der Waals surface area contributed by atoms with E-state index in [1.54, 1.807) is 0 Å². The predicted molar refractivity (Wildman–Crippen MR) is 39.4 cm³/mol. The molecule has 0 rings (SSSR count). The SMILES string of the molecule is C=CCCN[C@@H](C)CO. The molecule has 0 amide bonds. The van der Waals surface area contributed by atoms with Crippen molar-refractivity contribution >= 4 is 0 Å². The highest BCUT2D eigenvalue weighted by molar-refractivity contribution is 4.69. The van der Waals surface area contributed by atoms with Crippen molar-refractivity contribution in [3.63, 3.8) is 0 Å². The molecule has 0 fully saturated rings. The Kier molecular flexibility index (Phi) is 5.57. The van der Waals surface area contributed by atoms with Crippen LogP contribution in [0.1, 0.15) is 13.3 Å². The van der Waals surface area contributed by atoms with E-state index < -0.39 is 0 Å². The minimum atomic E-state index is 0.205. The molecule has 54 valence electrons. The van der Waals surface area contributed by atoms with Crippen LogP contribution in [0, 0.1) is 0 Å². The van der Waals surface area contributed by atoms with Gasteiger partial charge in [-0.05, 0) is 19.9 Å². The van der Waals surface area contributed by atoms with Gasteiger partial charge in [-0.1, -0.05) is 6.08 Å². The average Bonchev–Trinajstić information content (AvgIpc) is 1.89. The summed E-state index contributed by atoms with van der Waals surface area (Å²) in [5.74, 6) is 0. The molecule has 0 saturated carbocycles. The topological polar surface area (TPSA) is 32.3 Å². The normalized spacial score (nSPS) is 13.1. The summed E-state index contributed by atoms with van der Waals surface area (Å²) in [6, 6.07) is 0.213. The first-order valence-corrected chi connectivity index (χ1v) is 3.26. The molecular weight excluding hydrogens is 114 g/mol. The minimum absolute atomic E-state index is 0.205. The quantitative estimate of drug-likeness (QED) is 0.419. The monoisotopic (exact) mass is 129 g/mol. The lowest BCUT2D eigenvalue weighted by atomic mass is 10.3. The van der Waals surface area contributed by atoms with Gasteiger partial charge in [0, 0.05) is 6.04 Å². The van der Waals surface area contributed by atoms with Gasteiger partial charge in [0.1, 0.15) is 0 Å². The van der Waals surface area contributed by atoms with E-state index in [9.17, 15) is 0 Å². The lowest BCUT2D eigenvalue weighted by Crippen LogP contribution is -2.29. The smallest absolute Gasteiger partial charge is 0.0581 e. The van der Waals surface area contributed by atoms with Gasteiger partial charge in [0.2, 0.25) is 0 Å². The van der Waals surface area contributed by atoms with Crippen LogP contribution in [0.4, 0.5) is 0 Å². The summed E-state index contributed by atoms with van der Waals surface area (Å²) in [6.07, 6.45) is 2.82. The molecular formula is C7H15NO. The maximum Gasteiger partial charge on any atom is 0.0581 e. The Morgan fingerprint density at radius 1 is 1.78 bits per heavy atom. The molecule has 0 aliphatic heterocycles. The van der Waals surface area contributed by atoms with Crippen molar-refractivity contribution < 1.29 is 5.11 Å². The molecule has 0 saturated heterocycles. The molecule has 0 aromatic carbocycles. The van der Waals surface area contributed by atoms with E-state index in [1.165, 1.54) is 0 Å². The van der Waals surface area contributed by atoms with Crippen molar-refractivity contribution in [1.82, 2.24) is 5.32 Å². The first kappa shape index (κ1) is 8.66. The molecule has 0 unspecified atom stereocenters. The fraction of sp³-hybridized carbons (Fsp3) is 0.714. The van der Waals surface area contributed by atoms with E-state index in [0.717, 1.165) is 13.0 Å². The van der Waals surface area contributed by atoms with Gasteiger partial charge in [-0.2, -0.15) is 0 Å². The van der Waals surface area contributed by atoms with Crippen LogP contribution >= 0.6 is 0 Å². The third-order valence-corrected chi connectivity index (χ3v) is 1.12. The van der Waals surface area contributed by atoms with Crippen LogP contribution in [-0.2, 0) is 0 Å². The number of rotatable bonds is 5. The Bertz CT molecular complexity index is 73.3. The summed E-state index contributed by atoms with van der Waals surface area (Å²) in [4.78, 5) is 0. The third-order valence-electron chi connectivity index (χ3n) is 1.12. The lowest BCUT2D eigenvalue weighted by Gasteiger charge is -2.07. The fourth-order valence-corrected chi connectivity index (χ4v) is 0.496. The Morgan fingerprint density at radius 2 is 2.44 bits per heavy atom. The van der Waals surface area contributed by atoms with Gasteiger partial charge in [-0.15, -0.1) is 6.58 Å². The summed E-state index contributed by atoms with van der Waals surface area (Å²) < 4.78 is 0. The van der Waals surface area contributed by atoms with Crippen LogP contribution in [-0.4, -0.2) is 24.3 Å². The predicted octanol–water partition coefficient (Wildman–Crippen LogP) is 0.533. The molecule has 0 spiro atoms. The van der Waals surface area contributed by atoms with Crippen molar-refractivity contribution in [1.29, 1.82) is 0 Å². The number of aliphatic hydroxyl groups is 1. The van der Waals surface area contributed by atoms with Crippen molar-refractivity contribution in [2.75, 3.05) is 13.2 Å². The first-order valence-electron chi connectivity index (χ1n) is 3.26. The van der Waals surface area contributed by atoms with E-state index in [1.807, 2.05) is 13.0 Å². The standard InChI is InChI=1S/C7H15NO/c1-3-4-5-8-7(2)6-9/h3,7-9H,1,4-6H2,2H3/t7-/m0/s1.